The number of ether oxygens (including phenoxy) is 1. The van der Waals surface area contributed by atoms with Crippen molar-refractivity contribution in [3.05, 3.63) is 61.7 Å². The van der Waals surface area contributed by atoms with E-state index in [4.69, 9.17) is 16.1 Å². The number of rotatable bonds is 3. The first kappa shape index (κ1) is 22.0. The molecule has 6 rings (SSSR count). The molecule has 178 valence electrons. The Bertz CT molecular complexity index is 1570. The summed E-state index contributed by atoms with van der Waals surface area (Å²) in [6.07, 6.45) is 7.02. The third kappa shape index (κ3) is 2.82. The molecule has 0 fully saturated rings. The number of hydrogen-bond acceptors (Lipinski definition) is 6. The van der Waals surface area contributed by atoms with Crippen molar-refractivity contribution in [2.75, 3.05) is 6.54 Å². The molecule has 2 atom stereocenters. The molecule has 0 radical (unpaired) electrons. The third-order valence-electron chi connectivity index (χ3n) is 7.83. The second-order valence-corrected chi connectivity index (χ2v) is 9.49. The average Bonchev–Trinajstić information content (AvgIpc) is 3.22. The SMILES string of the molecule is C#CCN[C@H]1CCc2c(C)c(F)cc3nc4c(c1c23)Cn1c-4cc2c(c1=O)COC(=O)[C@]2(O)CC. The monoisotopic (exact) mass is 473 g/mol. The van der Waals surface area contributed by atoms with Crippen molar-refractivity contribution in [1.82, 2.24) is 14.9 Å². The van der Waals surface area contributed by atoms with Gasteiger partial charge < -0.3 is 14.4 Å². The van der Waals surface area contributed by atoms with Crippen molar-refractivity contribution < 1.29 is 19.0 Å². The predicted octanol–water partition coefficient (Wildman–Crippen LogP) is 2.74. The van der Waals surface area contributed by atoms with Gasteiger partial charge in [0.05, 0.1) is 35.6 Å². The lowest BCUT2D eigenvalue weighted by Gasteiger charge is -2.31. The van der Waals surface area contributed by atoms with Crippen LogP contribution >= 0.6 is 0 Å². The first-order valence-corrected chi connectivity index (χ1v) is 11.8. The number of esters is 1. The van der Waals surface area contributed by atoms with Crippen LogP contribution in [0.3, 0.4) is 0 Å². The van der Waals surface area contributed by atoms with Gasteiger partial charge in [-0.25, -0.2) is 14.2 Å². The fraction of sp³-hybridized carbons (Fsp3) is 0.370. The molecule has 0 amide bonds. The van der Waals surface area contributed by atoms with Crippen LogP contribution in [0.25, 0.3) is 22.3 Å². The lowest BCUT2D eigenvalue weighted by molar-refractivity contribution is -0.172. The van der Waals surface area contributed by atoms with Crippen LogP contribution in [-0.2, 0) is 34.7 Å². The highest BCUT2D eigenvalue weighted by atomic mass is 19.1. The Labute approximate surface area is 200 Å². The van der Waals surface area contributed by atoms with Gasteiger partial charge in [-0.2, -0.15) is 0 Å². The van der Waals surface area contributed by atoms with Crippen molar-refractivity contribution >= 4 is 16.9 Å². The van der Waals surface area contributed by atoms with E-state index in [2.05, 4.69) is 11.2 Å². The molecule has 4 heterocycles. The Hall–Kier alpha value is -3.54. The molecule has 7 nitrogen and oxygen atoms in total. The Morgan fingerprint density at radius 3 is 2.89 bits per heavy atom. The van der Waals surface area contributed by atoms with Crippen LogP contribution in [0.1, 0.15) is 59.2 Å². The van der Waals surface area contributed by atoms with E-state index in [1.165, 1.54) is 6.07 Å². The number of terminal acetylenes is 1. The van der Waals surface area contributed by atoms with E-state index in [9.17, 15) is 19.1 Å². The van der Waals surface area contributed by atoms with E-state index in [1.54, 1.807) is 24.5 Å². The summed E-state index contributed by atoms with van der Waals surface area (Å²) in [5.74, 6) is 1.55. The molecule has 0 saturated carbocycles. The fourth-order valence-corrected chi connectivity index (χ4v) is 5.94. The fourth-order valence-electron chi connectivity index (χ4n) is 5.94. The minimum atomic E-state index is -1.90. The van der Waals surface area contributed by atoms with Crippen molar-refractivity contribution in [1.29, 1.82) is 0 Å². The van der Waals surface area contributed by atoms with Gasteiger partial charge in [-0.05, 0) is 48.9 Å². The second kappa shape index (κ2) is 7.48. The Morgan fingerprint density at radius 1 is 1.34 bits per heavy atom. The van der Waals surface area contributed by atoms with Gasteiger partial charge in [0.15, 0.2) is 5.60 Å². The highest BCUT2D eigenvalue weighted by Crippen LogP contribution is 2.45. The molecule has 3 aliphatic rings. The number of aromatic nitrogens is 2. The highest BCUT2D eigenvalue weighted by molar-refractivity contribution is 5.93. The van der Waals surface area contributed by atoms with Gasteiger partial charge in [-0.1, -0.05) is 12.8 Å². The van der Waals surface area contributed by atoms with E-state index in [1.807, 2.05) is 0 Å². The summed E-state index contributed by atoms with van der Waals surface area (Å²) in [5, 5.41) is 15.4. The van der Waals surface area contributed by atoms with Crippen LogP contribution in [0.15, 0.2) is 16.9 Å². The van der Waals surface area contributed by atoms with E-state index >= 15 is 0 Å². The molecule has 0 unspecified atom stereocenters. The molecule has 2 aromatic heterocycles. The van der Waals surface area contributed by atoms with E-state index < -0.39 is 11.6 Å². The zero-order valence-corrected chi connectivity index (χ0v) is 19.5. The lowest BCUT2D eigenvalue weighted by Crippen LogP contribution is -2.44. The molecule has 35 heavy (non-hydrogen) atoms. The third-order valence-corrected chi connectivity index (χ3v) is 7.83. The molecule has 8 heteroatoms. The largest absolute Gasteiger partial charge is 0.458 e. The van der Waals surface area contributed by atoms with Gasteiger partial charge in [-0.15, -0.1) is 6.42 Å². The summed E-state index contributed by atoms with van der Waals surface area (Å²) in [7, 11) is 0. The molecule has 2 aliphatic heterocycles. The number of carbonyl (C=O) groups excluding carboxylic acids is 1. The summed E-state index contributed by atoms with van der Waals surface area (Å²) in [6, 6.07) is 3.05. The number of hydrogen-bond donors (Lipinski definition) is 2. The standard InChI is InChI=1S/C27H24FN3O4/c1-4-8-29-19-7-6-14-13(3)18(28)10-20-22(14)23(19)15-11-31-21(24(15)30-20)9-17-16(25(31)32)12-35-26(33)27(17,34)5-2/h1,9-10,19,29,34H,5-8,11-12H2,2-3H3/t19-,27-/m0/s1. The number of nitrogens with zero attached hydrogens (tertiary/aromatic N) is 2. The molecule has 2 N–H and O–H groups in total. The van der Waals surface area contributed by atoms with Crippen LogP contribution in [0.2, 0.25) is 0 Å². The molecule has 0 bridgehead atoms. The smallest absolute Gasteiger partial charge is 0.343 e. The second-order valence-electron chi connectivity index (χ2n) is 9.49. The Kier molecular flexibility index (Phi) is 4.69. The zero-order chi connectivity index (χ0) is 24.6. The number of aliphatic hydroxyl groups is 1. The summed E-state index contributed by atoms with van der Waals surface area (Å²) in [5.41, 5.74) is 3.32. The number of cyclic esters (lactones) is 1. The summed E-state index contributed by atoms with van der Waals surface area (Å²) in [6.45, 7) is 3.93. The summed E-state index contributed by atoms with van der Waals surface area (Å²) >= 11 is 0. The number of fused-ring (bicyclic) bond motifs is 5. The van der Waals surface area contributed by atoms with Crippen molar-refractivity contribution in [3.8, 4) is 23.7 Å². The Morgan fingerprint density at radius 2 is 2.14 bits per heavy atom. The first-order chi connectivity index (χ1) is 16.8. The molecule has 3 aromatic rings. The molecule has 1 aliphatic carbocycles. The average molecular weight is 474 g/mol. The molecule has 1 aromatic carbocycles. The first-order valence-electron chi connectivity index (χ1n) is 11.8. The van der Waals surface area contributed by atoms with Crippen molar-refractivity contribution in [2.45, 2.75) is 57.9 Å². The quantitative estimate of drug-likeness (QED) is 0.351. The number of halogens is 1. The summed E-state index contributed by atoms with van der Waals surface area (Å²) < 4.78 is 21.6. The maximum absolute atomic E-state index is 14.9. The lowest BCUT2D eigenvalue weighted by atomic mass is 9.81. The molecular weight excluding hydrogens is 449 g/mol. The van der Waals surface area contributed by atoms with Gasteiger partial charge in [-0.3, -0.25) is 10.1 Å². The zero-order valence-electron chi connectivity index (χ0n) is 19.5. The van der Waals surface area contributed by atoms with Gasteiger partial charge >= 0.3 is 5.97 Å². The van der Waals surface area contributed by atoms with E-state index in [0.717, 1.165) is 28.5 Å². The predicted molar refractivity (Wildman–Crippen MR) is 127 cm³/mol. The molecular formula is C27H24FN3O4. The van der Waals surface area contributed by atoms with Gasteiger partial charge in [0.2, 0.25) is 0 Å². The van der Waals surface area contributed by atoms with Gasteiger partial charge in [0.1, 0.15) is 12.4 Å². The number of carbonyl (C=O) groups is 1. The number of benzene rings is 1. The highest BCUT2D eigenvalue weighted by Gasteiger charge is 2.45. The van der Waals surface area contributed by atoms with Crippen LogP contribution in [-0.4, -0.2) is 27.2 Å². The minimum absolute atomic E-state index is 0.0664. The normalized spacial score (nSPS) is 21.8. The maximum Gasteiger partial charge on any atom is 0.343 e. The van der Waals surface area contributed by atoms with Crippen LogP contribution in [0.4, 0.5) is 4.39 Å². The van der Waals surface area contributed by atoms with Crippen LogP contribution in [0.5, 0.6) is 0 Å². The van der Waals surface area contributed by atoms with E-state index in [-0.39, 0.29) is 48.1 Å². The van der Waals surface area contributed by atoms with E-state index in [0.29, 0.717) is 35.4 Å². The van der Waals surface area contributed by atoms with Crippen molar-refractivity contribution in [3.63, 3.8) is 0 Å². The maximum atomic E-state index is 14.9. The van der Waals surface area contributed by atoms with Crippen LogP contribution in [0, 0.1) is 25.1 Å². The van der Waals surface area contributed by atoms with Gasteiger partial charge in [0.25, 0.3) is 5.56 Å². The molecule has 0 spiro atoms. The van der Waals surface area contributed by atoms with Crippen molar-refractivity contribution in [2.24, 2.45) is 0 Å². The summed E-state index contributed by atoms with van der Waals surface area (Å²) in [4.78, 5) is 30.8. The number of pyridine rings is 2. The minimum Gasteiger partial charge on any atom is -0.458 e. The Balaban J connectivity index is 1.67. The topological polar surface area (TPSA) is 93.5 Å². The van der Waals surface area contributed by atoms with Crippen LogP contribution < -0.4 is 10.9 Å². The molecule has 0 saturated heterocycles. The number of nitrogens with one attached hydrogen (secondary N) is 1. The van der Waals surface area contributed by atoms with Gasteiger partial charge in [0, 0.05) is 28.6 Å². The number of aryl methyl sites for hydroxylation is 1.